The number of carboxylic acids is 1. The highest BCUT2D eigenvalue weighted by Gasteiger charge is 2.12. The molecule has 134 valence electrons. The first-order chi connectivity index (χ1) is 11.9. The average molecular weight is 378 g/mol. The Labute approximate surface area is 157 Å². The smallest absolute Gasteiger partial charge is 0.303 e. The van der Waals surface area contributed by atoms with Crippen LogP contribution in [-0.4, -0.2) is 20.7 Å². The minimum absolute atomic E-state index is 0.0653. The van der Waals surface area contributed by atoms with E-state index in [1.807, 2.05) is 24.3 Å². The van der Waals surface area contributed by atoms with Crippen LogP contribution in [0.2, 0.25) is 0 Å². The summed E-state index contributed by atoms with van der Waals surface area (Å²) in [6.45, 7) is 4.66. The Bertz CT molecular complexity index is 806. The quantitative estimate of drug-likeness (QED) is 0.601. The Morgan fingerprint density at radius 1 is 1.36 bits per heavy atom. The molecule has 0 aliphatic heterocycles. The highest BCUT2D eigenvalue weighted by molar-refractivity contribution is 7.73. The molecule has 1 unspecified atom stereocenters. The number of nitrogens with zero attached hydrogens (tertiary/aromatic N) is 1. The number of aliphatic carboxylic acids is 1. The monoisotopic (exact) mass is 377 g/mol. The molecule has 2 aromatic rings. The highest BCUT2D eigenvalue weighted by atomic mass is 32.1. The molecule has 4 nitrogen and oxygen atoms in total. The van der Waals surface area contributed by atoms with Gasteiger partial charge in [-0.05, 0) is 49.5 Å². The van der Waals surface area contributed by atoms with E-state index in [0.29, 0.717) is 22.8 Å². The van der Waals surface area contributed by atoms with Gasteiger partial charge in [-0.25, -0.2) is 0 Å². The van der Waals surface area contributed by atoms with Crippen LogP contribution in [0.25, 0.3) is 6.08 Å². The number of carboxylic acid groups (broad SMARTS) is 1. The maximum absolute atomic E-state index is 10.6. The van der Waals surface area contributed by atoms with E-state index >= 15 is 0 Å². The summed E-state index contributed by atoms with van der Waals surface area (Å²) in [5.41, 5.74) is 2.46. The van der Waals surface area contributed by atoms with Crippen molar-refractivity contribution in [3.05, 3.63) is 50.3 Å². The van der Waals surface area contributed by atoms with Crippen molar-refractivity contribution in [1.82, 2.24) is 4.57 Å². The van der Waals surface area contributed by atoms with Crippen LogP contribution >= 0.6 is 23.6 Å². The SMILES string of the molecule is CC(=Cc1sc(=S)n(CCCC(=O)O)c1O)CC(C)c1ccccc1. The normalized spacial score (nSPS) is 13.0. The molecule has 1 aromatic carbocycles. The summed E-state index contributed by atoms with van der Waals surface area (Å²) in [7, 11) is 0. The zero-order valence-electron chi connectivity index (χ0n) is 14.4. The van der Waals surface area contributed by atoms with Crippen molar-refractivity contribution >= 4 is 35.6 Å². The summed E-state index contributed by atoms with van der Waals surface area (Å²) in [5, 5.41) is 19.1. The van der Waals surface area contributed by atoms with Gasteiger partial charge in [-0.1, -0.05) is 42.8 Å². The molecule has 0 spiro atoms. The van der Waals surface area contributed by atoms with Crippen LogP contribution in [0, 0.1) is 3.95 Å². The fourth-order valence-electron chi connectivity index (χ4n) is 2.76. The summed E-state index contributed by atoms with van der Waals surface area (Å²) < 4.78 is 2.18. The molecule has 0 bridgehead atoms. The predicted octanol–water partition coefficient (Wildman–Crippen LogP) is 5.45. The lowest BCUT2D eigenvalue weighted by Gasteiger charge is -2.12. The molecule has 0 aliphatic carbocycles. The molecule has 1 aromatic heterocycles. The standard InChI is InChI=1S/C19H23NO3S2/c1-13(11-14(2)15-7-4-3-5-8-15)12-16-18(23)20(19(24)25-16)10-6-9-17(21)22/h3-5,7-8,12,14,23H,6,9-11H2,1-2H3,(H,21,22). The van der Waals surface area contributed by atoms with Gasteiger partial charge in [0.05, 0.1) is 4.88 Å². The minimum atomic E-state index is -0.841. The van der Waals surface area contributed by atoms with E-state index in [-0.39, 0.29) is 12.3 Å². The van der Waals surface area contributed by atoms with Crippen molar-refractivity contribution in [1.29, 1.82) is 0 Å². The van der Waals surface area contributed by atoms with Crippen LogP contribution in [-0.2, 0) is 11.3 Å². The van der Waals surface area contributed by atoms with E-state index < -0.39 is 5.97 Å². The Kier molecular flexibility index (Phi) is 6.96. The van der Waals surface area contributed by atoms with Gasteiger partial charge >= 0.3 is 5.97 Å². The Morgan fingerprint density at radius 3 is 2.68 bits per heavy atom. The first-order valence-corrected chi connectivity index (χ1v) is 9.47. The summed E-state index contributed by atoms with van der Waals surface area (Å²) >= 11 is 6.66. The first-order valence-electron chi connectivity index (χ1n) is 8.25. The summed E-state index contributed by atoms with van der Waals surface area (Å²) in [6.07, 6.45) is 3.38. The molecule has 2 N–H and O–H groups in total. The average Bonchev–Trinajstić information content (AvgIpc) is 2.82. The maximum Gasteiger partial charge on any atom is 0.303 e. The van der Waals surface area contributed by atoms with Crippen molar-refractivity contribution in [2.75, 3.05) is 0 Å². The van der Waals surface area contributed by atoms with Gasteiger partial charge in [0.1, 0.15) is 0 Å². The predicted molar refractivity (Wildman–Crippen MR) is 105 cm³/mol. The number of allylic oxidation sites excluding steroid dienone is 1. The molecule has 6 heteroatoms. The lowest BCUT2D eigenvalue weighted by molar-refractivity contribution is -0.137. The van der Waals surface area contributed by atoms with Crippen LogP contribution in [0.5, 0.6) is 5.88 Å². The Morgan fingerprint density at radius 2 is 2.04 bits per heavy atom. The Balaban J connectivity index is 2.09. The van der Waals surface area contributed by atoms with E-state index in [2.05, 4.69) is 26.0 Å². The molecule has 2 rings (SSSR count). The van der Waals surface area contributed by atoms with Gasteiger partial charge in [-0.15, -0.1) is 11.3 Å². The summed E-state index contributed by atoms with van der Waals surface area (Å²) in [6, 6.07) is 10.3. The van der Waals surface area contributed by atoms with Crippen molar-refractivity contribution in [2.45, 2.75) is 45.6 Å². The third-order valence-corrected chi connectivity index (χ3v) is 5.43. The fraction of sp³-hybridized carbons (Fsp3) is 0.368. The van der Waals surface area contributed by atoms with Gasteiger partial charge in [-0.3, -0.25) is 9.36 Å². The summed E-state index contributed by atoms with van der Waals surface area (Å²) in [5.74, 6) is -0.315. The van der Waals surface area contributed by atoms with E-state index in [9.17, 15) is 9.90 Å². The zero-order chi connectivity index (χ0) is 18.4. The number of thiazole rings is 1. The number of carbonyl (C=O) groups is 1. The molecular formula is C19H23NO3S2. The van der Waals surface area contributed by atoms with Gasteiger partial charge in [-0.2, -0.15) is 0 Å². The lowest BCUT2D eigenvalue weighted by atomic mass is 9.94. The third-order valence-electron chi connectivity index (χ3n) is 4.04. The van der Waals surface area contributed by atoms with Crippen LogP contribution in [0.4, 0.5) is 0 Å². The van der Waals surface area contributed by atoms with Crippen molar-refractivity contribution in [3.63, 3.8) is 0 Å². The molecule has 0 aliphatic rings. The molecule has 0 saturated carbocycles. The van der Waals surface area contributed by atoms with Gasteiger partial charge in [0.2, 0.25) is 5.88 Å². The van der Waals surface area contributed by atoms with Gasteiger partial charge < -0.3 is 10.2 Å². The van der Waals surface area contributed by atoms with Gasteiger partial charge in [0.25, 0.3) is 0 Å². The first kappa shape index (κ1) is 19.4. The second-order valence-electron chi connectivity index (χ2n) is 6.21. The van der Waals surface area contributed by atoms with Crippen molar-refractivity contribution in [3.8, 4) is 5.88 Å². The van der Waals surface area contributed by atoms with Gasteiger partial charge in [0, 0.05) is 13.0 Å². The van der Waals surface area contributed by atoms with Crippen LogP contribution in [0.15, 0.2) is 35.9 Å². The van der Waals surface area contributed by atoms with Crippen LogP contribution < -0.4 is 0 Å². The second-order valence-corrected chi connectivity index (χ2v) is 7.89. The summed E-state index contributed by atoms with van der Waals surface area (Å²) in [4.78, 5) is 11.4. The zero-order valence-corrected chi connectivity index (χ0v) is 16.1. The number of rotatable bonds is 8. The topological polar surface area (TPSA) is 62.5 Å². The molecule has 0 fully saturated rings. The number of hydrogen-bond donors (Lipinski definition) is 2. The fourth-order valence-corrected chi connectivity index (χ4v) is 4.14. The maximum atomic E-state index is 10.6. The molecule has 1 atom stereocenters. The molecule has 0 amide bonds. The largest absolute Gasteiger partial charge is 0.493 e. The van der Waals surface area contributed by atoms with Crippen LogP contribution in [0.3, 0.4) is 0 Å². The number of aromatic hydroxyl groups is 1. The molecule has 1 heterocycles. The van der Waals surface area contributed by atoms with E-state index in [4.69, 9.17) is 17.3 Å². The van der Waals surface area contributed by atoms with E-state index in [1.54, 1.807) is 4.57 Å². The number of hydrogen-bond acceptors (Lipinski definition) is 4. The van der Waals surface area contributed by atoms with Crippen molar-refractivity contribution < 1.29 is 15.0 Å². The number of benzene rings is 1. The molecular weight excluding hydrogens is 354 g/mol. The molecule has 25 heavy (non-hydrogen) atoms. The lowest BCUT2D eigenvalue weighted by Crippen LogP contribution is -2.01. The molecule has 0 saturated heterocycles. The van der Waals surface area contributed by atoms with Gasteiger partial charge in [0.15, 0.2) is 3.95 Å². The second kappa shape index (κ2) is 8.97. The minimum Gasteiger partial charge on any atom is -0.493 e. The van der Waals surface area contributed by atoms with Crippen molar-refractivity contribution in [2.24, 2.45) is 0 Å². The van der Waals surface area contributed by atoms with E-state index in [1.165, 1.54) is 22.5 Å². The van der Waals surface area contributed by atoms with E-state index in [0.717, 1.165) is 11.3 Å². The highest BCUT2D eigenvalue weighted by Crippen LogP contribution is 2.31. The molecule has 0 radical (unpaired) electrons. The third kappa shape index (κ3) is 5.54. The number of aromatic nitrogens is 1. The van der Waals surface area contributed by atoms with Crippen LogP contribution in [0.1, 0.15) is 49.5 Å². The Hall–Kier alpha value is -1.92.